The number of nitrogens with zero attached hydrogens (tertiary/aromatic N) is 1. The molecule has 1 amide bonds. The fraction of sp³-hybridized carbons (Fsp3) is 0.545. The second kappa shape index (κ2) is 6.63. The lowest BCUT2D eigenvalue weighted by Gasteiger charge is -2.14. The van der Waals surface area contributed by atoms with Gasteiger partial charge in [-0.3, -0.25) is 9.59 Å². The maximum absolute atomic E-state index is 11.5. The molecule has 0 spiro atoms. The minimum absolute atomic E-state index is 0.106. The van der Waals surface area contributed by atoms with Crippen molar-refractivity contribution in [2.75, 3.05) is 6.61 Å². The van der Waals surface area contributed by atoms with E-state index in [1.165, 1.54) is 0 Å². The molecule has 0 aliphatic rings. The summed E-state index contributed by atoms with van der Waals surface area (Å²) in [5, 5.41) is 14.8. The molecule has 18 heavy (non-hydrogen) atoms. The molecule has 0 saturated heterocycles. The van der Waals surface area contributed by atoms with Gasteiger partial charge in [0, 0.05) is 12.1 Å². The number of hydrogen-bond donors (Lipinski definition) is 2. The number of aliphatic carboxylic acids is 1. The Balaban J connectivity index is 2.34. The summed E-state index contributed by atoms with van der Waals surface area (Å²) in [6, 6.07) is 1.17. The summed E-state index contributed by atoms with van der Waals surface area (Å²) in [6.07, 6.45) is 0.437. The molecule has 0 aliphatic heterocycles. The molecule has 1 atom stereocenters. The number of ether oxygens (including phenoxy) is 1. The van der Waals surface area contributed by atoms with E-state index in [9.17, 15) is 9.59 Å². The number of nitrogens with one attached hydrogen (secondary N) is 1. The van der Waals surface area contributed by atoms with Gasteiger partial charge in [0.15, 0.2) is 6.61 Å². The molecule has 1 aromatic heterocycles. The number of hydrogen-bond acceptors (Lipinski definition) is 5. The van der Waals surface area contributed by atoms with Gasteiger partial charge >= 0.3 is 5.97 Å². The van der Waals surface area contributed by atoms with Crippen LogP contribution in [-0.2, 0) is 9.59 Å². The largest absolute Gasteiger partial charge is 0.481 e. The molecule has 1 aromatic rings. The van der Waals surface area contributed by atoms with E-state index < -0.39 is 12.0 Å². The number of carboxylic acid groups (broad SMARTS) is 1. The van der Waals surface area contributed by atoms with Crippen LogP contribution in [0.15, 0.2) is 10.6 Å². The number of carbonyl (C=O) groups is 2. The molecular weight excluding hydrogens is 240 g/mol. The van der Waals surface area contributed by atoms with E-state index in [-0.39, 0.29) is 24.8 Å². The zero-order valence-corrected chi connectivity index (χ0v) is 10.3. The Hall–Kier alpha value is -2.05. The highest BCUT2D eigenvalue weighted by atomic mass is 16.5. The standard InChI is InChI=1S/C11H16N2O5/c1-3-8(5-11(15)16)12-9(14)6-17-10-4-7(2)18-13-10/h4,8H,3,5-6H2,1-2H3,(H,12,14)(H,15,16). The first-order valence-corrected chi connectivity index (χ1v) is 5.58. The second-order valence-corrected chi connectivity index (χ2v) is 3.84. The number of carbonyl (C=O) groups excluding carboxylic acids is 1. The van der Waals surface area contributed by atoms with E-state index >= 15 is 0 Å². The molecule has 2 N–H and O–H groups in total. The molecule has 0 bridgehead atoms. The molecular formula is C11H16N2O5. The van der Waals surface area contributed by atoms with Crippen molar-refractivity contribution in [2.45, 2.75) is 32.7 Å². The van der Waals surface area contributed by atoms with Crippen molar-refractivity contribution >= 4 is 11.9 Å². The molecule has 1 rings (SSSR count). The van der Waals surface area contributed by atoms with Gasteiger partial charge in [-0.25, -0.2) is 0 Å². The van der Waals surface area contributed by atoms with E-state index in [4.69, 9.17) is 14.4 Å². The summed E-state index contributed by atoms with van der Waals surface area (Å²) in [7, 11) is 0. The summed E-state index contributed by atoms with van der Waals surface area (Å²) in [4.78, 5) is 22.0. The summed E-state index contributed by atoms with van der Waals surface area (Å²) in [5.74, 6) is -0.518. The van der Waals surface area contributed by atoms with Crippen molar-refractivity contribution in [1.29, 1.82) is 0 Å². The van der Waals surface area contributed by atoms with E-state index in [1.807, 2.05) is 0 Å². The Morgan fingerprint density at radius 2 is 2.33 bits per heavy atom. The molecule has 0 fully saturated rings. The van der Waals surface area contributed by atoms with Crippen molar-refractivity contribution in [1.82, 2.24) is 10.5 Å². The highest BCUT2D eigenvalue weighted by Crippen LogP contribution is 2.09. The lowest BCUT2D eigenvalue weighted by molar-refractivity contribution is -0.137. The maximum atomic E-state index is 11.5. The minimum atomic E-state index is -0.949. The molecule has 100 valence electrons. The van der Waals surface area contributed by atoms with Crippen molar-refractivity contribution in [3.8, 4) is 5.88 Å². The summed E-state index contributed by atoms with van der Waals surface area (Å²) < 4.78 is 9.84. The zero-order valence-electron chi connectivity index (χ0n) is 10.3. The average molecular weight is 256 g/mol. The van der Waals surface area contributed by atoms with E-state index in [2.05, 4.69) is 10.5 Å². The third-order valence-electron chi connectivity index (χ3n) is 2.24. The first-order chi connectivity index (χ1) is 8.51. The van der Waals surface area contributed by atoms with Crippen LogP contribution in [0.4, 0.5) is 0 Å². The fourth-order valence-electron chi connectivity index (χ4n) is 1.33. The van der Waals surface area contributed by atoms with Crippen LogP contribution in [0.3, 0.4) is 0 Å². The van der Waals surface area contributed by atoms with Gasteiger partial charge in [0.05, 0.1) is 6.42 Å². The van der Waals surface area contributed by atoms with Crippen molar-refractivity contribution in [3.05, 3.63) is 11.8 Å². The van der Waals surface area contributed by atoms with Crippen LogP contribution in [0.1, 0.15) is 25.5 Å². The highest BCUT2D eigenvalue weighted by molar-refractivity contribution is 5.78. The first kappa shape index (κ1) is 14.0. The van der Waals surface area contributed by atoms with Crippen LogP contribution in [0.2, 0.25) is 0 Å². The van der Waals surface area contributed by atoms with Gasteiger partial charge in [-0.15, -0.1) is 0 Å². The van der Waals surface area contributed by atoms with Crippen molar-refractivity contribution in [3.63, 3.8) is 0 Å². The van der Waals surface area contributed by atoms with Crippen molar-refractivity contribution < 1.29 is 24.0 Å². The van der Waals surface area contributed by atoms with Crippen LogP contribution >= 0.6 is 0 Å². The molecule has 1 heterocycles. The molecule has 0 aliphatic carbocycles. The van der Waals surface area contributed by atoms with Gasteiger partial charge < -0.3 is 19.7 Å². The molecule has 7 heteroatoms. The predicted molar refractivity (Wildman–Crippen MR) is 61.2 cm³/mol. The quantitative estimate of drug-likeness (QED) is 0.745. The Labute approximate surface area is 104 Å². The Kier molecular flexibility index (Phi) is 5.16. The summed E-state index contributed by atoms with van der Waals surface area (Å²) in [5.41, 5.74) is 0. The van der Waals surface area contributed by atoms with Gasteiger partial charge in [0.25, 0.3) is 11.8 Å². The third kappa shape index (κ3) is 4.86. The number of rotatable bonds is 7. The van der Waals surface area contributed by atoms with Crippen LogP contribution < -0.4 is 10.1 Å². The van der Waals surface area contributed by atoms with E-state index in [1.54, 1.807) is 19.9 Å². The number of carboxylic acids is 1. The molecule has 0 aromatic carbocycles. The Bertz CT molecular complexity index is 415. The van der Waals surface area contributed by atoms with Gasteiger partial charge in [0.2, 0.25) is 0 Å². The monoisotopic (exact) mass is 256 g/mol. The first-order valence-electron chi connectivity index (χ1n) is 5.58. The SMILES string of the molecule is CCC(CC(=O)O)NC(=O)COc1cc(C)on1. The molecule has 1 unspecified atom stereocenters. The Morgan fingerprint density at radius 1 is 1.61 bits per heavy atom. The molecule has 7 nitrogen and oxygen atoms in total. The second-order valence-electron chi connectivity index (χ2n) is 3.84. The van der Waals surface area contributed by atoms with Gasteiger partial charge in [-0.1, -0.05) is 6.92 Å². The lowest BCUT2D eigenvalue weighted by Crippen LogP contribution is -2.38. The van der Waals surface area contributed by atoms with Crippen LogP contribution in [0.5, 0.6) is 5.88 Å². The average Bonchev–Trinajstić information content (AvgIpc) is 2.71. The van der Waals surface area contributed by atoms with Crippen LogP contribution in [-0.4, -0.2) is 34.8 Å². The van der Waals surface area contributed by atoms with Crippen molar-refractivity contribution in [2.24, 2.45) is 0 Å². The van der Waals surface area contributed by atoms with E-state index in [0.29, 0.717) is 12.2 Å². The van der Waals surface area contributed by atoms with Crippen LogP contribution in [0, 0.1) is 6.92 Å². The number of aryl methyl sites for hydroxylation is 1. The predicted octanol–water partition coefficient (Wildman–Crippen LogP) is 0.731. The fourth-order valence-corrected chi connectivity index (χ4v) is 1.33. The minimum Gasteiger partial charge on any atom is -0.481 e. The van der Waals surface area contributed by atoms with Gasteiger partial charge in [0.1, 0.15) is 5.76 Å². The lowest BCUT2D eigenvalue weighted by atomic mass is 10.1. The molecule has 0 saturated carbocycles. The number of aromatic nitrogens is 1. The summed E-state index contributed by atoms with van der Waals surface area (Å²) in [6.45, 7) is 3.29. The van der Waals surface area contributed by atoms with Gasteiger partial charge in [-0.05, 0) is 18.5 Å². The topological polar surface area (TPSA) is 102 Å². The summed E-state index contributed by atoms with van der Waals surface area (Å²) >= 11 is 0. The normalized spacial score (nSPS) is 11.9. The maximum Gasteiger partial charge on any atom is 0.305 e. The number of amides is 1. The smallest absolute Gasteiger partial charge is 0.305 e. The third-order valence-corrected chi connectivity index (χ3v) is 2.24. The van der Waals surface area contributed by atoms with Gasteiger partial charge in [-0.2, -0.15) is 0 Å². The molecule has 0 radical (unpaired) electrons. The Morgan fingerprint density at radius 3 is 2.83 bits per heavy atom. The van der Waals surface area contributed by atoms with Crippen LogP contribution in [0.25, 0.3) is 0 Å². The van der Waals surface area contributed by atoms with E-state index in [0.717, 1.165) is 0 Å². The highest BCUT2D eigenvalue weighted by Gasteiger charge is 2.14. The zero-order chi connectivity index (χ0) is 13.5.